The molecular weight excluding hydrogens is 348 g/mol. The molecule has 0 saturated carbocycles. The minimum Gasteiger partial charge on any atom is -0.294 e. The van der Waals surface area contributed by atoms with E-state index in [1.807, 2.05) is 60.7 Å². The van der Waals surface area contributed by atoms with E-state index in [1.54, 1.807) is 0 Å². The van der Waals surface area contributed by atoms with E-state index in [4.69, 9.17) is 11.6 Å². The maximum Gasteiger partial charge on any atom is 0.167 e. The van der Waals surface area contributed by atoms with E-state index in [1.165, 1.54) is 0 Å². The van der Waals surface area contributed by atoms with Gasteiger partial charge in [-0.1, -0.05) is 63.9 Å². The Morgan fingerprint density at radius 3 is 2.48 bits per heavy atom. The smallest absolute Gasteiger partial charge is 0.167 e. The quantitative estimate of drug-likeness (QED) is 0.550. The van der Waals surface area contributed by atoms with Crippen molar-refractivity contribution in [3.05, 3.63) is 81.3 Å². The zero-order chi connectivity index (χ0) is 14.8. The highest BCUT2D eigenvalue weighted by Gasteiger charge is 2.12. The molecular formula is C18H12BrClO. The molecule has 0 aliphatic heterocycles. The number of rotatable bonds is 3. The van der Waals surface area contributed by atoms with Crippen LogP contribution in [0, 0.1) is 0 Å². The highest BCUT2D eigenvalue weighted by molar-refractivity contribution is 9.10. The Morgan fingerprint density at radius 2 is 1.71 bits per heavy atom. The molecule has 0 unspecified atom stereocenters. The number of halogens is 2. The molecule has 0 amide bonds. The maximum atomic E-state index is 12.6. The summed E-state index contributed by atoms with van der Waals surface area (Å²) in [5.74, 6) is 0.0981. The van der Waals surface area contributed by atoms with Crippen LogP contribution in [0.1, 0.15) is 15.9 Å². The normalized spacial score (nSPS) is 10.8. The van der Waals surface area contributed by atoms with Gasteiger partial charge >= 0.3 is 0 Å². The summed E-state index contributed by atoms with van der Waals surface area (Å²) in [7, 11) is 0. The van der Waals surface area contributed by atoms with Crippen LogP contribution in [0.15, 0.2) is 65.1 Å². The van der Waals surface area contributed by atoms with Crippen molar-refractivity contribution >= 4 is 44.1 Å². The third kappa shape index (κ3) is 3.02. The summed E-state index contributed by atoms with van der Waals surface area (Å²) in [4.78, 5) is 12.6. The van der Waals surface area contributed by atoms with Crippen LogP contribution in [0.5, 0.6) is 0 Å². The number of Topliss-reactive ketones (excluding diaryl/α,β-unsaturated/α-hetero) is 1. The molecule has 0 atom stereocenters. The molecule has 0 aliphatic rings. The van der Waals surface area contributed by atoms with E-state index >= 15 is 0 Å². The Morgan fingerprint density at radius 1 is 0.952 bits per heavy atom. The van der Waals surface area contributed by atoms with Crippen molar-refractivity contribution in [3.63, 3.8) is 0 Å². The lowest BCUT2D eigenvalue weighted by Gasteiger charge is -2.08. The summed E-state index contributed by atoms with van der Waals surface area (Å²) in [6, 6.07) is 19.1. The molecule has 0 bridgehead atoms. The molecule has 3 heteroatoms. The van der Waals surface area contributed by atoms with Crippen LogP contribution in [0.4, 0.5) is 0 Å². The van der Waals surface area contributed by atoms with Gasteiger partial charge in [-0.15, -0.1) is 0 Å². The van der Waals surface area contributed by atoms with Crippen LogP contribution in [0.2, 0.25) is 5.02 Å². The fourth-order valence-corrected chi connectivity index (χ4v) is 3.12. The Balaban J connectivity index is 2.01. The average molecular weight is 360 g/mol. The Kier molecular flexibility index (Phi) is 4.09. The van der Waals surface area contributed by atoms with Gasteiger partial charge in [-0.05, 0) is 40.6 Å². The summed E-state index contributed by atoms with van der Waals surface area (Å²) in [6.45, 7) is 0. The SMILES string of the molecule is O=C(Cc1cccc(Cl)c1)c1ccc(Br)c2ccccc12. The first-order chi connectivity index (χ1) is 10.1. The van der Waals surface area contributed by atoms with Crippen molar-refractivity contribution in [2.75, 3.05) is 0 Å². The second kappa shape index (κ2) is 6.00. The first-order valence-corrected chi connectivity index (χ1v) is 7.77. The van der Waals surface area contributed by atoms with Crippen LogP contribution in [0.3, 0.4) is 0 Å². The van der Waals surface area contributed by atoms with Gasteiger partial charge in [-0.25, -0.2) is 0 Å². The molecule has 3 aromatic carbocycles. The van der Waals surface area contributed by atoms with E-state index in [0.29, 0.717) is 11.4 Å². The molecule has 0 aliphatic carbocycles. The molecule has 0 aromatic heterocycles. The third-order valence-electron chi connectivity index (χ3n) is 3.42. The predicted molar refractivity (Wildman–Crippen MR) is 91.1 cm³/mol. The van der Waals surface area contributed by atoms with Crippen molar-refractivity contribution in [3.8, 4) is 0 Å². The van der Waals surface area contributed by atoms with Crippen molar-refractivity contribution < 1.29 is 4.79 Å². The minimum atomic E-state index is 0.0981. The number of benzene rings is 3. The average Bonchev–Trinajstić information content (AvgIpc) is 2.48. The molecule has 3 aromatic rings. The van der Waals surface area contributed by atoms with Crippen molar-refractivity contribution in [1.82, 2.24) is 0 Å². The highest BCUT2D eigenvalue weighted by Crippen LogP contribution is 2.27. The summed E-state index contributed by atoms with van der Waals surface area (Å²) in [5, 5.41) is 2.68. The summed E-state index contributed by atoms with van der Waals surface area (Å²) < 4.78 is 0.998. The molecule has 0 radical (unpaired) electrons. The first-order valence-electron chi connectivity index (χ1n) is 6.60. The second-order valence-corrected chi connectivity index (χ2v) is 6.16. The van der Waals surface area contributed by atoms with Crippen LogP contribution in [-0.4, -0.2) is 5.78 Å². The highest BCUT2D eigenvalue weighted by atomic mass is 79.9. The van der Waals surface area contributed by atoms with Gasteiger partial charge in [0.1, 0.15) is 0 Å². The van der Waals surface area contributed by atoms with Gasteiger partial charge in [0.25, 0.3) is 0 Å². The van der Waals surface area contributed by atoms with Gasteiger partial charge < -0.3 is 0 Å². The molecule has 104 valence electrons. The number of hydrogen-bond acceptors (Lipinski definition) is 1. The minimum absolute atomic E-state index is 0.0981. The number of carbonyl (C=O) groups excluding carboxylic acids is 1. The second-order valence-electron chi connectivity index (χ2n) is 4.87. The lowest BCUT2D eigenvalue weighted by molar-refractivity contribution is 0.0994. The molecule has 0 saturated heterocycles. The number of ketones is 1. The zero-order valence-corrected chi connectivity index (χ0v) is 13.5. The van der Waals surface area contributed by atoms with Crippen molar-refractivity contribution in [2.24, 2.45) is 0 Å². The zero-order valence-electron chi connectivity index (χ0n) is 11.1. The molecule has 0 heterocycles. The summed E-state index contributed by atoms with van der Waals surface area (Å²) in [5.41, 5.74) is 1.67. The summed E-state index contributed by atoms with van der Waals surface area (Å²) in [6.07, 6.45) is 0.353. The number of carbonyl (C=O) groups is 1. The standard InChI is InChI=1S/C18H12BrClO/c19-17-9-8-16(14-6-1-2-7-15(14)17)18(21)11-12-4-3-5-13(20)10-12/h1-10H,11H2. The fraction of sp³-hybridized carbons (Fsp3) is 0.0556. The van der Waals surface area contributed by atoms with E-state index in [2.05, 4.69) is 15.9 Å². The van der Waals surface area contributed by atoms with Crippen LogP contribution in [-0.2, 0) is 6.42 Å². The maximum absolute atomic E-state index is 12.6. The Hall–Kier alpha value is -1.64. The topological polar surface area (TPSA) is 17.1 Å². The Labute approximate surface area is 136 Å². The monoisotopic (exact) mass is 358 g/mol. The van der Waals surface area contributed by atoms with E-state index in [9.17, 15) is 4.79 Å². The van der Waals surface area contributed by atoms with E-state index < -0.39 is 0 Å². The molecule has 0 fully saturated rings. The first kappa shape index (κ1) is 14.3. The molecule has 0 spiro atoms. The van der Waals surface area contributed by atoms with Crippen LogP contribution in [0.25, 0.3) is 10.8 Å². The largest absolute Gasteiger partial charge is 0.294 e. The predicted octanol–water partition coefficient (Wildman–Crippen LogP) is 5.68. The van der Waals surface area contributed by atoms with Gasteiger partial charge in [-0.2, -0.15) is 0 Å². The van der Waals surface area contributed by atoms with E-state index in [0.717, 1.165) is 26.4 Å². The summed E-state index contributed by atoms with van der Waals surface area (Å²) >= 11 is 9.50. The Bertz CT molecular complexity index is 826. The van der Waals surface area contributed by atoms with Gasteiger partial charge in [0.2, 0.25) is 0 Å². The van der Waals surface area contributed by atoms with Crippen molar-refractivity contribution in [1.29, 1.82) is 0 Å². The number of hydrogen-bond donors (Lipinski definition) is 0. The third-order valence-corrected chi connectivity index (χ3v) is 4.35. The lowest BCUT2D eigenvalue weighted by atomic mass is 9.97. The molecule has 0 N–H and O–H groups in total. The lowest BCUT2D eigenvalue weighted by Crippen LogP contribution is -2.04. The van der Waals surface area contributed by atoms with Crippen LogP contribution >= 0.6 is 27.5 Å². The number of fused-ring (bicyclic) bond motifs is 1. The molecule has 1 nitrogen and oxygen atoms in total. The van der Waals surface area contributed by atoms with Crippen LogP contribution < -0.4 is 0 Å². The van der Waals surface area contributed by atoms with Gasteiger partial charge in [-0.3, -0.25) is 4.79 Å². The molecule has 21 heavy (non-hydrogen) atoms. The van der Waals surface area contributed by atoms with Gasteiger partial charge in [0, 0.05) is 21.5 Å². The van der Waals surface area contributed by atoms with Crippen molar-refractivity contribution in [2.45, 2.75) is 6.42 Å². The molecule has 3 rings (SSSR count). The fourth-order valence-electron chi connectivity index (χ4n) is 2.43. The van der Waals surface area contributed by atoms with E-state index in [-0.39, 0.29) is 5.78 Å². The van der Waals surface area contributed by atoms with Gasteiger partial charge in [0.15, 0.2) is 5.78 Å². The van der Waals surface area contributed by atoms with Gasteiger partial charge in [0.05, 0.1) is 0 Å².